The third-order valence-corrected chi connectivity index (χ3v) is 8.23. The van der Waals surface area contributed by atoms with Crippen molar-refractivity contribution in [2.75, 3.05) is 11.6 Å². The fourth-order valence-corrected chi connectivity index (χ4v) is 6.54. The number of halogens is 6. The summed E-state index contributed by atoms with van der Waals surface area (Å²) in [7, 11) is -3.27. The highest BCUT2D eigenvalue weighted by atomic mass is 32.2. The van der Waals surface area contributed by atoms with Gasteiger partial charge in [-0.15, -0.1) is 0 Å². The third-order valence-electron chi connectivity index (χ3n) is 7.21. The van der Waals surface area contributed by atoms with Crippen molar-refractivity contribution in [3.8, 4) is 0 Å². The van der Waals surface area contributed by atoms with Crippen LogP contribution >= 0.6 is 0 Å². The number of anilines is 1. The minimum atomic E-state index is -5.02. The molecule has 2 aromatic rings. The van der Waals surface area contributed by atoms with Crippen molar-refractivity contribution in [2.24, 2.45) is 5.41 Å². The molecule has 2 heterocycles. The number of nitrogens with one attached hydrogen (secondary N) is 2. The van der Waals surface area contributed by atoms with E-state index < -0.39 is 74.0 Å². The van der Waals surface area contributed by atoms with E-state index in [0.29, 0.717) is 0 Å². The van der Waals surface area contributed by atoms with E-state index in [1.165, 1.54) is 13.0 Å². The van der Waals surface area contributed by atoms with Gasteiger partial charge in [0.2, 0.25) is 5.92 Å². The van der Waals surface area contributed by atoms with Gasteiger partial charge in [-0.25, -0.2) is 27.1 Å². The summed E-state index contributed by atoms with van der Waals surface area (Å²) in [6.07, 6.45) is -4.34. The third kappa shape index (κ3) is 4.06. The molecule has 36 heavy (non-hydrogen) atoms. The molecule has 6 rings (SSSR count). The number of amides is 1. The Morgan fingerprint density at radius 1 is 1.19 bits per heavy atom. The van der Waals surface area contributed by atoms with Crippen molar-refractivity contribution in [1.82, 2.24) is 14.8 Å². The Labute approximate surface area is 202 Å². The van der Waals surface area contributed by atoms with Crippen LogP contribution in [-0.4, -0.2) is 42.7 Å². The van der Waals surface area contributed by atoms with Gasteiger partial charge in [-0.1, -0.05) is 6.92 Å². The molecule has 0 saturated heterocycles. The first-order valence-corrected chi connectivity index (χ1v) is 13.1. The monoisotopic (exact) mass is 535 g/mol. The standard InChI is InChI=1S/C22H23F6N5O2S/c1-18(6-21(24,25)7-18)11-33-15(17(34)31-12-3-4-30-13(5-12)36(2,29)35)14(22(26,27)28)16(32-33)19-8-20(23,9-19)10-19/h3-5,29H,6-11H2,1-2H3,(H,30,31,34)/t19?,20?,36-/m0/s1. The average molecular weight is 536 g/mol. The summed E-state index contributed by atoms with van der Waals surface area (Å²) in [6, 6.07) is 2.37. The van der Waals surface area contributed by atoms with E-state index in [0.717, 1.165) is 23.2 Å². The number of hydrogen-bond acceptors (Lipinski definition) is 5. The molecule has 2 aromatic heterocycles. The average Bonchev–Trinajstić information content (AvgIpc) is 3.01. The number of nitrogens with zero attached hydrogens (tertiary/aromatic N) is 3. The first kappa shape index (κ1) is 25.0. The van der Waals surface area contributed by atoms with Gasteiger partial charge in [-0.3, -0.25) is 9.48 Å². The van der Waals surface area contributed by atoms with Crippen molar-refractivity contribution >= 4 is 21.3 Å². The second-order valence-electron chi connectivity index (χ2n) is 10.9. The molecule has 0 unspecified atom stereocenters. The highest BCUT2D eigenvalue weighted by molar-refractivity contribution is 7.91. The summed E-state index contributed by atoms with van der Waals surface area (Å²) in [5.41, 5.74) is -6.41. The van der Waals surface area contributed by atoms with Crippen molar-refractivity contribution < 1.29 is 35.3 Å². The zero-order valence-corrected chi connectivity index (χ0v) is 20.1. The molecule has 0 aromatic carbocycles. The molecule has 2 N–H and O–H groups in total. The first-order chi connectivity index (χ1) is 16.3. The van der Waals surface area contributed by atoms with Gasteiger partial charge in [0.05, 0.1) is 15.4 Å². The number of alkyl halides is 6. The van der Waals surface area contributed by atoms with Crippen LogP contribution in [0.4, 0.5) is 32.0 Å². The first-order valence-electron chi connectivity index (χ1n) is 11.1. The zero-order valence-electron chi connectivity index (χ0n) is 19.3. The molecule has 0 spiro atoms. The highest BCUT2D eigenvalue weighted by Gasteiger charge is 2.72. The van der Waals surface area contributed by atoms with Crippen LogP contribution in [0, 0.1) is 10.2 Å². The Bertz CT molecular complexity index is 1360. The van der Waals surface area contributed by atoms with Crippen molar-refractivity contribution in [2.45, 2.75) is 73.8 Å². The maximum atomic E-state index is 14.4. The van der Waals surface area contributed by atoms with Gasteiger partial charge in [-0.05, 0) is 36.8 Å². The number of aromatic nitrogens is 3. The van der Waals surface area contributed by atoms with E-state index in [9.17, 15) is 35.3 Å². The van der Waals surface area contributed by atoms with Crippen LogP contribution in [0.1, 0.15) is 60.8 Å². The van der Waals surface area contributed by atoms with Crippen LogP contribution in [0.15, 0.2) is 23.4 Å². The highest BCUT2D eigenvalue weighted by Crippen LogP contribution is 2.70. The Hall–Kier alpha value is -2.64. The van der Waals surface area contributed by atoms with Crippen LogP contribution in [-0.2, 0) is 27.9 Å². The summed E-state index contributed by atoms with van der Waals surface area (Å²) in [4.78, 5) is 17.1. The van der Waals surface area contributed by atoms with Crippen molar-refractivity contribution in [1.29, 1.82) is 4.78 Å². The Morgan fingerprint density at radius 2 is 1.81 bits per heavy atom. The lowest BCUT2D eigenvalue weighted by Gasteiger charge is -2.65. The molecule has 14 heteroatoms. The second-order valence-corrected chi connectivity index (χ2v) is 13.0. The number of carbonyl (C=O) groups excluding carboxylic acids is 1. The Balaban J connectivity index is 1.58. The molecule has 4 aliphatic carbocycles. The van der Waals surface area contributed by atoms with Crippen LogP contribution in [0.2, 0.25) is 0 Å². The van der Waals surface area contributed by atoms with Gasteiger partial charge in [0.25, 0.3) is 5.91 Å². The van der Waals surface area contributed by atoms with Crippen LogP contribution < -0.4 is 5.32 Å². The molecule has 2 bridgehead atoms. The largest absolute Gasteiger partial charge is 0.420 e. The second kappa shape index (κ2) is 7.23. The lowest BCUT2D eigenvalue weighted by Crippen LogP contribution is -2.67. The molecule has 196 valence electrons. The topological polar surface area (TPSA) is 101 Å². The Kier molecular flexibility index (Phi) is 5.02. The SMILES string of the molecule is CC1(Cn2nc(C34CC(F)(C3)C4)c(C(F)(F)F)c2C(=O)Nc2ccnc([S@@](C)(=N)=O)c2)CC(F)(F)C1. The fourth-order valence-electron chi connectivity index (χ4n) is 5.92. The van der Waals surface area contributed by atoms with E-state index >= 15 is 0 Å². The zero-order chi connectivity index (χ0) is 26.5. The summed E-state index contributed by atoms with van der Waals surface area (Å²) in [5.74, 6) is -4.16. The summed E-state index contributed by atoms with van der Waals surface area (Å²) in [6.45, 7) is 1.13. The van der Waals surface area contributed by atoms with E-state index in [1.807, 2.05) is 0 Å². The molecule has 7 nitrogen and oxygen atoms in total. The Morgan fingerprint density at radius 3 is 2.31 bits per heavy atom. The number of carbonyl (C=O) groups is 1. The minimum absolute atomic E-state index is 0.0520. The van der Waals surface area contributed by atoms with Crippen molar-refractivity contribution in [3.05, 3.63) is 35.3 Å². The maximum absolute atomic E-state index is 14.4. The van der Waals surface area contributed by atoms with Crippen LogP contribution in [0.5, 0.6) is 0 Å². The van der Waals surface area contributed by atoms with E-state index in [1.54, 1.807) is 0 Å². The molecule has 4 aliphatic rings. The lowest BCUT2D eigenvalue weighted by atomic mass is 9.41. The molecule has 4 saturated carbocycles. The molecule has 0 radical (unpaired) electrons. The molecule has 4 fully saturated rings. The molecule has 0 aliphatic heterocycles. The van der Waals surface area contributed by atoms with E-state index in [2.05, 4.69) is 15.4 Å². The van der Waals surface area contributed by atoms with Gasteiger partial charge < -0.3 is 5.32 Å². The predicted molar refractivity (Wildman–Crippen MR) is 116 cm³/mol. The molecular formula is C22H23F6N5O2S. The van der Waals surface area contributed by atoms with Gasteiger partial charge in [0.15, 0.2) is 0 Å². The van der Waals surface area contributed by atoms with Crippen LogP contribution in [0.3, 0.4) is 0 Å². The number of hydrogen-bond donors (Lipinski definition) is 2. The van der Waals surface area contributed by atoms with E-state index in [-0.39, 0.29) is 36.5 Å². The van der Waals surface area contributed by atoms with Crippen LogP contribution in [0.25, 0.3) is 0 Å². The summed E-state index contributed by atoms with van der Waals surface area (Å²) < 4.78 is 105. The van der Waals surface area contributed by atoms with Gasteiger partial charge in [0, 0.05) is 42.9 Å². The van der Waals surface area contributed by atoms with Gasteiger partial charge in [0.1, 0.15) is 22.0 Å². The quantitative estimate of drug-likeness (QED) is 0.499. The molecule has 1 amide bonds. The smallest absolute Gasteiger partial charge is 0.320 e. The van der Waals surface area contributed by atoms with E-state index in [4.69, 9.17) is 4.78 Å². The van der Waals surface area contributed by atoms with Gasteiger partial charge in [-0.2, -0.15) is 18.3 Å². The fraction of sp³-hybridized carbons (Fsp3) is 0.591. The number of pyridine rings is 1. The molecular weight excluding hydrogens is 512 g/mol. The minimum Gasteiger partial charge on any atom is -0.320 e. The molecule has 1 atom stereocenters. The maximum Gasteiger partial charge on any atom is 0.420 e. The normalized spacial score (nSPS) is 29.3. The van der Waals surface area contributed by atoms with Crippen molar-refractivity contribution in [3.63, 3.8) is 0 Å². The predicted octanol–water partition coefficient (Wildman–Crippen LogP) is 5.16. The number of rotatable bonds is 6. The lowest BCUT2D eigenvalue weighted by molar-refractivity contribution is -0.170. The van der Waals surface area contributed by atoms with Gasteiger partial charge >= 0.3 is 6.18 Å². The summed E-state index contributed by atoms with van der Waals surface area (Å²) >= 11 is 0. The summed E-state index contributed by atoms with van der Waals surface area (Å²) in [5, 5.41) is 6.24.